The summed E-state index contributed by atoms with van der Waals surface area (Å²) in [4.78, 5) is 24.9. The molecule has 0 atom stereocenters. The van der Waals surface area contributed by atoms with Crippen LogP contribution < -0.4 is 17.0 Å². The SMILES string of the molecule is CC(C)n1cc(C#CCN)c(=O)[nH]c1=O. The summed E-state index contributed by atoms with van der Waals surface area (Å²) in [7, 11) is 0. The number of hydrogen-bond donors (Lipinski definition) is 2. The Morgan fingerprint density at radius 1 is 1.53 bits per heavy atom. The van der Waals surface area contributed by atoms with Crippen molar-refractivity contribution in [2.75, 3.05) is 6.54 Å². The highest BCUT2D eigenvalue weighted by molar-refractivity contribution is 5.29. The minimum Gasteiger partial charge on any atom is -0.320 e. The van der Waals surface area contributed by atoms with Gasteiger partial charge in [0.05, 0.1) is 6.54 Å². The molecule has 0 saturated carbocycles. The van der Waals surface area contributed by atoms with E-state index >= 15 is 0 Å². The Morgan fingerprint density at radius 3 is 2.73 bits per heavy atom. The normalized spacial score (nSPS) is 9.87. The zero-order chi connectivity index (χ0) is 11.4. The van der Waals surface area contributed by atoms with Crippen LogP contribution in [0.5, 0.6) is 0 Å². The summed E-state index contributed by atoms with van der Waals surface area (Å²) in [5.74, 6) is 5.19. The third-order valence-corrected chi connectivity index (χ3v) is 1.85. The van der Waals surface area contributed by atoms with Crippen LogP contribution >= 0.6 is 0 Å². The van der Waals surface area contributed by atoms with Crippen LogP contribution in [0.1, 0.15) is 25.5 Å². The Labute approximate surface area is 86.9 Å². The Bertz CT molecular complexity index is 514. The summed E-state index contributed by atoms with van der Waals surface area (Å²) in [6, 6.07) is -0.0206. The van der Waals surface area contributed by atoms with Crippen molar-refractivity contribution in [3.05, 3.63) is 32.6 Å². The zero-order valence-electron chi connectivity index (χ0n) is 8.70. The summed E-state index contributed by atoms with van der Waals surface area (Å²) in [5.41, 5.74) is 4.56. The molecule has 5 heteroatoms. The molecule has 0 aromatic carbocycles. The second-order valence-electron chi connectivity index (χ2n) is 3.31. The van der Waals surface area contributed by atoms with Gasteiger partial charge in [-0.25, -0.2) is 4.79 Å². The van der Waals surface area contributed by atoms with Gasteiger partial charge in [-0.2, -0.15) is 0 Å². The van der Waals surface area contributed by atoms with Gasteiger partial charge in [0.15, 0.2) is 0 Å². The van der Waals surface area contributed by atoms with Crippen LogP contribution in [0.2, 0.25) is 0 Å². The molecule has 0 amide bonds. The predicted octanol–water partition coefficient (Wildman–Crippen LogP) is -0.572. The average molecular weight is 207 g/mol. The summed E-state index contributed by atoms with van der Waals surface area (Å²) >= 11 is 0. The van der Waals surface area contributed by atoms with Gasteiger partial charge in [0.25, 0.3) is 5.56 Å². The largest absolute Gasteiger partial charge is 0.328 e. The molecule has 0 aliphatic rings. The van der Waals surface area contributed by atoms with E-state index in [-0.39, 0.29) is 18.2 Å². The smallest absolute Gasteiger partial charge is 0.320 e. The van der Waals surface area contributed by atoms with Gasteiger partial charge in [-0.3, -0.25) is 14.3 Å². The lowest BCUT2D eigenvalue weighted by molar-refractivity contribution is 0.560. The summed E-state index contributed by atoms with van der Waals surface area (Å²) < 4.78 is 1.42. The molecule has 0 fully saturated rings. The number of aromatic nitrogens is 2. The zero-order valence-corrected chi connectivity index (χ0v) is 8.70. The second-order valence-corrected chi connectivity index (χ2v) is 3.31. The number of nitrogens with one attached hydrogen (secondary N) is 1. The van der Waals surface area contributed by atoms with Crippen LogP contribution in [0.15, 0.2) is 15.8 Å². The molecular weight excluding hydrogens is 194 g/mol. The van der Waals surface area contributed by atoms with Crippen LogP contribution in [0.4, 0.5) is 0 Å². The lowest BCUT2D eigenvalue weighted by Crippen LogP contribution is -2.32. The Hall–Kier alpha value is -1.80. The highest BCUT2D eigenvalue weighted by atomic mass is 16.2. The van der Waals surface area contributed by atoms with Crippen molar-refractivity contribution in [3.8, 4) is 11.8 Å². The fourth-order valence-corrected chi connectivity index (χ4v) is 1.10. The first kappa shape index (κ1) is 11.3. The molecule has 3 N–H and O–H groups in total. The van der Waals surface area contributed by atoms with Gasteiger partial charge in [0, 0.05) is 12.2 Å². The van der Waals surface area contributed by atoms with E-state index in [4.69, 9.17) is 5.73 Å². The van der Waals surface area contributed by atoms with Gasteiger partial charge in [0.2, 0.25) is 0 Å². The van der Waals surface area contributed by atoms with Gasteiger partial charge in [0.1, 0.15) is 5.56 Å². The van der Waals surface area contributed by atoms with Crippen LogP contribution in [-0.2, 0) is 0 Å². The topological polar surface area (TPSA) is 80.9 Å². The number of nitrogens with two attached hydrogens (primary N) is 1. The van der Waals surface area contributed by atoms with Crippen molar-refractivity contribution in [2.45, 2.75) is 19.9 Å². The highest BCUT2D eigenvalue weighted by Gasteiger charge is 2.04. The quantitative estimate of drug-likeness (QED) is 0.605. The van der Waals surface area contributed by atoms with E-state index in [0.717, 1.165) is 0 Å². The monoisotopic (exact) mass is 207 g/mol. The molecule has 1 aromatic rings. The molecule has 80 valence electrons. The molecule has 0 aliphatic carbocycles. The van der Waals surface area contributed by atoms with Gasteiger partial charge in [-0.1, -0.05) is 11.8 Å². The maximum absolute atomic E-state index is 11.3. The van der Waals surface area contributed by atoms with Gasteiger partial charge in [-0.15, -0.1) is 0 Å². The van der Waals surface area contributed by atoms with E-state index in [1.54, 1.807) is 0 Å². The maximum atomic E-state index is 11.3. The Morgan fingerprint density at radius 2 is 2.20 bits per heavy atom. The van der Waals surface area contributed by atoms with Gasteiger partial charge >= 0.3 is 5.69 Å². The van der Waals surface area contributed by atoms with Crippen molar-refractivity contribution in [1.29, 1.82) is 0 Å². The second kappa shape index (κ2) is 4.62. The van der Waals surface area contributed by atoms with Crippen molar-refractivity contribution in [3.63, 3.8) is 0 Å². The first-order valence-corrected chi connectivity index (χ1v) is 4.60. The number of aromatic amines is 1. The number of rotatable bonds is 1. The van der Waals surface area contributed by atoms with Gasteiger partial charge in [-0.05, 0) is 13.8 Å². The van der Waals surface area contributed by atoms with Crippen molar-refractivity contribution in [2.24, 2.45) is 5.73 Å². The predicted molar refractivity (Wildman–Crippen MR) is 57.6 cm³/mol. The van der Waals surface area contributed by atoms with E-state index in [2.05, 4.69) is 16.8 Å². The summed E-state index contributed by atoms with van der Waals surface area (Å²) in [6.45, 7) is 3.87. The molecule has 0 aliphatic heterocycles. The Kier molecular flexibility index (Phi) is 3.47. The minimum atomic E-state index is -0.474. The fraction of sp³-hybridized carbons (Fsp3) is 0.400. The van der Waals surface area contributed by atoms with Crippen molar-refractivity contribution >= 4 is 0 Å². The third kappa shape index (κ3) is 2.58. The molecule has 5 nitrogen and oxygen atoms in total. The lowest BCUT2D eigenvalue weighted by atomic mass is 10.3. The standard InChI is InChI=1S/C10H13N3O2/c1-7(2)13-6-8(4-3-5-11)9(14)12-10(13)15/h6-7H,5,11H2,1-2H3,(H,12,14,15). The summed E-state index contributed by atoms with van der Waals surface area (Å²) in [5, 5.41) is 0. The molecular formula is C10H13N3O2. The molecule has 0 bridgehead atoms. The first-order valence-electron chi connectivity index (χ1n) is 4.60. The number of H-pyrrole nitrogens is 1. The Balaban J connectivity index is 3.37. The number of nitrogens with zero attached hydrogens (tertiary/aromatic N) is 1. The fourth-order valence-electron chi connectivity index (χ4n) is 1.10. The third-order valence-electron chi connectivity index (χ3n) is 1.85. The molecule has 0 spiro atoms. The first-order chi connectivity index (χ1) is 7.06. The van der Waals surface area contributed by atoms with E-state index < -0.39 is 11.2 Å². The van der Waals surface area contributed by atoms with Crippen molar-refractivity contribution < 1.29 is 0 Å². The minimum absolute atomic E-state index is 0.0206. The van der Waals surface area contributed by atoms with Crippen LogP contribution in [0, 0.1) is 11.8 Å². The van der Waals surface area contributed by atoms with E-state index in [1.165, 1.54) is 10.8 Å². The van der Waals surface area contributed by atoms with E-state index in [9.17, 15) is 9.59 Å². The molecule has 1 rings (SSSR count). The average Bonchev–Trinajstić information content (AvgIpc) is 2.16. The molecule has 15 heavy (non-hydrogen) atoms. The number of hydrogen-bond acceptors (Lipinski definition) is 3. The highest BCUT2D eigenvalue weighted by Crippen LogP contribution is 1.97. The van der Waals surface area contributed by atoms with Crippen LogP contribution in [0.25, 0.3) is 0 Å². The molecule has 0 unspecified atom stereocenters. The van der Waals surface area contributed by atoms with Crippen molar-refractivity contribution in [1.82, 2.24) is 9.55 Å². The molecule has 0 radical (unpaired) electrons. The van der Waals surface area contributed by atoms with Crippen LogP contribution in [0.3, 0.4) is 0 Å². The molecule has 0 saturated heterocycles. The lowest BCUT2D eigenvalue weighted by Gasteiger charge is -2.08. The maximum Gasteiger partial charge on any atom is 0.328 e. The van der Waals surface area contributed by atoms with Crippen LogP contribution in [-0.4, -0.2) is 16.1 Å². The van der Waals surface area contributed by atoms with Gasteiger partial charge < -0.3 is 5.73 Å². The van der Waals surface area contributed by atoms with E-state index in [0.29, 0.717) is 0 Å². The van der Waals surface area contributed by atoms with E-state index in [1.807, 2.05) is 13.8 Å². The molecule has 1 aromatic heterocycles. The molecule has 1 heterocycles. The summed E-state index contributed by atoms with van der Waals surface area (Å²) in [6.07, 6.45) is 1.45.